The first-order valence-electron chi connectivity index (χ1n) is 9.07. The lowest BCUT2D eigenvalue weighted by Crippen LogP contribution is -2.27. The van der Waals surface area contributed by atoms with Gasteiger partial charge in [0.05, 0.1) is 29.9 Å². The first-order chi connectivity index (χ1) is 15.0. The summed E-state index contributed by atoms with van der Waals surface area (Å²) in [4.78, 5) is 15.4. The van der Waals surface area contributed by atoms with Gasteiger partial charge in [-0.05, 0) is 32.1 Å². The van der Waals surface area contributed by atoms with Crippen molar-refractivity contribution in [2.45, 2.75) is 26.3 Å². The van der Waals surface area contributed by atoms with Crippen molar-refractivity contribution in [1.82, 2.24) is 10.3 Å². The summed E-state index contributed by atoms with van der Waals surface area (Å²) in [6.45, 7) is 6.45. The van der Waals surface area contributed by atoms with Gasteiger partial charge in [0, 0.05) is 31.0 Å². The molecule has 2 aromatic rings. The molecule has 0 spiro atoms. The highest BCUT2D eigenvalue weighted by molar-refractivity contribution is 5.80. The number of carbonyl (C=O) groups excluding carboxylic acids is 1. The van der Waals surface area contributed by atoms with Crippen molar-refractivity contribution in [2.75, 3.05) is 11.6 Å². The molecule has 0 saturated carbocycles. The summed E-state index contributed by atoms with van der Waals surface area (Å²) in [6.07, 6.45) is -2.78. The van der Waals surface area contributed by atoms with Crippen molar-refractivity contribution in [3.05, 3.63) is 59.9 Å². The molecular formula is C20H19F5N4O3. The number of halogens is 5. The molecular weight excluding hydrogens is 439 g/mol. The van der Waals surface area contributed by atoms with Crippen molar-refractivity contribution in [2.24, 2.45) is 5.10 Å². The predicted molar refractivity (Wildman–Crippen MR) is 107 cm³/mol. The van der Waals surface area contributed by atoms with Crippen LogP contribution in [0.2, 0.25) is 0 Å². The molecule has 0 fully saturated rings. The molecule has 0 unspecified atom stereocenters. The molecule has 0 aliphatic rings. The van der Waals surface area contributed by atoms with E-state index in [0.717, 1.165) is 29.4 Å². The highest BCUT2D eigenvalue weighted by Crippen LogP contribution is 2.31. The number of anilines is 1. The first kappa shape index (κ1) is 24.6. The van der Waals surface area contributed by atoms with Crippen molar-refractivity contribution in [3.63, 3.8) is 0 Å². The Balaban J connectivity index is 2.49. The number of benzene rings is 1. The number of hydrazone groups is 1. The van der Waals surface area contributed by atoms with Crippen molar-refractivity contribution in [1.29, 1.82) is 0 Å². The average Bonchev–Trinajstić information content (AvgIpc) is 2.65. The number of ether oxygens (including phenoxy) is 2. The normalized spacial score (nSPS) is 11.8. The van der Waals surface area contributed by atoms with E-state index in [-0.39, 0.29) is 23.5 Å². The quantitative estimate of drug-likeness (QED) is 0.348. The van der Waals surface area contributed by atoms with E-state index in [0.29, 0.717) is 6.07 Å². The number of carbonyl (C=O) groups is 1. The van der Waals surface area contributed by atoms with Gasteiger partial charge in [0.25, 0.3) is 0 Å². The minimum absolute atomic E-state index is 0.0382. The number of alkyl halides is 3. The van der Waals surface area contributed by atoms with E-state index in [9.17, 15) is 26.7 Å². The van der Waals surface area contributed by atoms with Crippen LogP contribution in [0.4, 0.5) is 32.4 Å². The largest absolute Gasteiger partial charge is 0.573 e. The van der Waals surface area contributed by atoms with Gasteiger partial charge in [-0.15, -0.1) is 13.2 Å². The van der Waals surface area contributed by atoms with Gasteiger partial charge in [-0.3, -0.25) is 4.98 Å². The Morgan fingerprint density at radius 2 is 1.94 bits per heavy atom. The Hall–Kier alpha value is -3.70. The molecule has 1 amide bonds. The van der Waals surface area contributed by atoms with E-state index in [2.05, 4.69) is 26.9 Å². The molecule has 0 atom stereocenters. The SMILES string of the molecule is C=NN(/C(=C\CNC(=O)OC(C)C)c1cc(F)cc(OC(F)(F)F)c1)c1cncc(F)c1. The van der Waals surface area contributed by atoms with Gasteiger partial charge >= 0.3 is 12.5 Å². The van der Waals surface area contributed by atoms with E-state index in [1.165, 1.54) is 12.3 Å². The Bertz CT molecular complexity index is 995. The predicted octanol–water partition coefficient (Wildman–Crippen LogP) is 4.86. The van der Waals surface area contributed by atoms with E-state index in [1.54, 1.807) is 13.8 Å². The summed E-state index contributed by atoms with van der Waals surface area (Å²) in [5.74, 6) is -2.59. The topological polar surface area (TPSA) is 76.1 Å². The smallest absolute Gasteiger partial charge is 0.447 e. The van der Waals surface area contributed by atoms with Crippen LogP contribution in [0, 0.1) is 11.6 Å². The molecule has 0 aliphatic carbocycles. The second-order valence-corrected chi connectivity index (χ2v) is 6.46. The third-order valence-corrected chi connectivity index (χ3v) is 3.59. The van der Waals surface area contributed by atoms with Gasteiger partial charge in [-0.25, -0.2) is 18.6 Å². The molecule has 7 nitrogen and oxygen atoms in total. The zero-order valence-electron chi connectivity index (χ0n) is 17.0. The molecule has 12 heteroatoms. The zero-order chi connectivity index (χ0) is 23.9. The lowest BCUT2D eigenvalue weighted by molar-refractivity contribution is -0.274. The van der Waals surface area contributed by atoms with Crippen molar-refractivity contribution < 1.29 is 36.2 Å². The maximum Gasteiger partial charge on any atom is 0.573 e. The van der Waals surface area contributed by atoms with Crippen LogP contribution < -0.4 is 15.1 Å². The lowest BCUT2D eigenvalue weighted by atomic mass is 10.1. The molecule has 172 valence electrons. The fourth-order valence-electron chi connectivity index (χ4n) is 2.53. The molecule has 1 aromatic heterocycles. The number of nitrogens with one attached hydrogen (secondary N) is 1. The second-order valence-electron chi connectivity index (χ2n) is 6.46. The minimum atomic E-state index is -5.06. The summed E-state index contributed by atoms with van der Waals surface area (Å²) >= 11 is 0. The first-order valence-corrected chi connectivity index (χ1v) is 9.07. The molecule has 2 rings (SSSR count). The van der Waals surface area contributed by atoms with Crippen LogP contribution in [-0.4, -0.2) is 36.8 Å². The third-order valence-electron chi connectivity index (χ3n) is 3.59. The summed E-state index contributed by atoms with van der Waals surface area (Å²) < 4.78 is 74.4. The van der Waals surface area contributed by atoms with Gasteiger partial charge in [0.2, 0.25) is 0 Å². The van der Waals surface area contributed by atoms with Crippen molar-refractivity contribution >= 4 is 24.2 Å². The van der Waals surface area contributed by atoms with Crippen LogP contribution in [0.15, 0.2) is 47.8 Å². The zero-order valence-corrected chi connectivity index (χ0v) is 17.0. The van der Waals surface area contributed by atoms with Gasteiger partial charge in [0.1, 0.15) is 17.4 Å². The summed E-state index contributed by atoms with van der Waals surface area (Å²) in [6, 6.07) is 3.39. The Morgan fingerprint density at radius 1 is 1.22 bits per heavy atom. The third kappa shape index (κ3) is 7.52. The molecule has 0 radical (unpaired) electrons. The maximum absolute atomic E-state index is 14.1. The standard InChI is InChI=1S/C20H19F5N4O3/c1-12(2)31-19(30)28-5-4-18(29(26-3)16-8-15(22)10-27-11-16)13-6-14(21)9-17(7-13)32-20(23,24)25/h4,6-12H,3,5H2,1-2H3,(H,28,30)/b18-4-. The molecule has 0 bridgehead atoms. The Kier molecular flexibility index (Phi) is 8.10. The summed E-state index contributed by atoms with van der Waals surface area (Å²) in [7, 11) is 0. The van der Waals surface area contributed by atoms with E-state index < -0.39 is 35.9 Å². The number of amides is 1. The fourth-order valence-corrected chi connectivity index (χ4v) is 2.53. The van der Waals surface area contributed by atoms with Crippen LogP contribution in [0.25, 0.3) is 5.70 Å². The van der Waals surface area contributed by atoms with Crippen LogP contribution in [-0.2, 0) is 4.74 Å². The number of rotatable bonds is 8. The number of pyridine rings is 1. The Morgan fingerprint density at radius 3 is 2.53 bits per heavy atom. The maximum atomic E-state index is 14.1. The monoisotopic (exact) mass is 458 g/mol. The number of nitrogens with zero attached hydrogens (tertiary/aromatic N) is 3. The molecule has 32 heavy (non-hydrogen) atoms. The Labute approximate surface area is 180 Å². The molecule has 0 aliphatic heterocycles. The highest BCUT2D eigenvalue weighted by atomic mass is 19.4. The summed E-state index contributed by atoms with van der Waals surface area (Å²) in [5.41, 5.74) is -0.123. The highest BCUT2D eigenvalue weighted by Gasteiger charge is 2.31. The summed E-state index contributed by atoms with van der Waals surface area (Å²) in [5, 5.41) is 7.15. The van der Waals surface area contributed by atoms with E-state index in [4.69, 9.17) is 4.74 Å². The number of hydrogen-bond donors (Lipinski definition) is 1. The van der Waals surface area contributed by atoms with Crippen LogP contribution in [0.5, 0.6) is 5.75 Å². The number of aromatic nitrogens is 1. The fraction of sp³-hybridized carbons (Fsp3) is 0.250. The van der Waals surface area contributed by atoms with Crippen LogP contribution >= 0.6 is 0 Å². The van der Waals surface area contributed by atoms with E-state index in [1.807, 2.05) is 0 Å². The number of alkyl carbamates (subject to hydrolysis) is 1. The molecule has 1 heterocycles. The van der Waals surface area contributed by atoms with Crippen LogP contribution in [0.3, 0.4) is 0 Å². The van der Waals surface area contributed by atoms with Crippen molar-refractivity contribution in [3.8, 4) is 5.75 Å². The van der Waals surface area contributed by atoms with Gasteiger partial charge in [-0.1, -0.05) is 0 Å². The average molecular weight is 458 g/mol. The van der Waals surface area contributed by atoms with Gasteiger partial charge in [0.15, 0.2) is 0 Å². The van der Waals surface area contributed by atoms with Gasteiger partial charge in [-0.2, -0.15) is 5.10 Å². The van der Waals surface area contributed by atoms with Crippen LogP contribution in [0.1, 0.15) is 19.4 Å². The van der Waals surface area contributed by atoms with Gasteiger partial charge < -0.3 is 14.8 Å². The van der Waals surface area contributed by atoms with E-state index >= 15 is 0 Å². The molecule has 0 saturated heterocycles. The molecule has 1 N–H and O–H groups in total. The number of hydrogen-bond acceptors (Lipinski definition) is 6. The molecule has 1 aromatic carbocycles. The lowest BCUT2D eigenvalue weighted by Gasteiger charge is -2.23. The second kappa shape index (κ2) is 10.6. The minimum Gasteiger partial charge on any atom is -0.447 e.